The van der Waals surface area contributed by atoms with Crippen LogP contribution in [0.25, 0.3) is 0 Å². The van der Waals surface area contributed by atoms with Crippen molar-refractivity contribution < 1.29 is 14.3 Å². The van der Waals surface area contributed by atoms with E-state index in [-0.39, 0.29) is 5.91 Å². The lowest BCUT2D eigenvalue weighted by atomic mass is 10.2. The molecule has 6 nitrogen and oxygen atoms in total. The lowest BCUT2D eigenvalue weighted by Crippen LogP contribution is -2.32. The molecule has 0 bridgehead atoms. The molecule has 3 rings (SSSR count). The fraction of sp³-hybridized carbons (Fsp3) is 0.286. The number of ether oxygens (including phenoxy) is 1. The van der Waals surface area contributed by atoms with Crippen molar-refractivity contribution in [3.05, 3.63) is 60.2 Å². The number of carbonyl (C=O) groups excluding carboxylic acids is 2. The Labute approximate surface area is 169 Å². The van der Waals surface area contributed by atoms with Crippen LogP contribution in [0.1, 0.15) is 26.3 Å². The van der Waals surface area contributed by atoms with Crippen molar-refractivity contribution in [2.75, 3.05) is 10.7 Å². The summed E-state index contributed by atoms with van der Waals surface area (Å²) >= 11 is 1.42. The van der Waals surface area contributed by atoms with Gasteiger partial charge in [0.15, 0.2) is 5.17 Å². The Morgan fingerprint density at radius 3 is 2.46 bits per heavy atom. The average Bonchev–Trinajstić information content (AvgIpc) is 3.00. The second-order valence-corrected chi connectivity index (χ2v) is 8.21. The SMILES string of the molecule is CC(C)(C)OC(=O)NCc1ccc(N2C(=O)CSC2=Nc2ccccc2)cc1. The number of amides is 2. The molecule has 7 heteroatoms. The third-order valence-corrected chi connectivity index (χ3v) is 4.70. The van der Waals surface area contributed by atoms with Crippen LogP contribution in [-0.2, 0) is 16.1 Å². The fourth-order valence-corrected chi connectivity index (χ4v) is 3.45. The van der Waals surface area contributed by atoms with Gasteiger partial charge in [0.1, 0.15) is 5.60 Å². The van der Waals surface area contributed by atoms with Crippen molar-refractivity contribution >= 4 is 40.3 Å². The van der Waals surface area contributed by atoms with Crippen molar-refractivity contribution in [1.82, 2.24) is 5.32 Å². The summed E-state index contributed by atoms with van der Waals surface area (Å²) in [6, 6.07) is 17.0. The molecule has 0 saturated carbocycles. The van der Waals surface area contributed by atoms with E-state index in [1.807, 2.05) is 75.4 Å². The molecule has 1 aliphatic rings. The first-order valence-corrected chi connectivity index (χ1v) is 9.96. The molecule has 1 aliphatic heterocycles. The van der Waals surface area contributed by atoms with Crippen LogP contribution < -0.4 is 10.2 Å². The molecule has 1 saturated heterocycles. The first-order chi connectivity index (χ1) is 13.3. The number of benzene rings is 2. The summed E-state index contributed by atoms with van der Waals surface area (Å²) in [5.74, 6) is 0.368. The third kappa shape index (κ3) is 5.36. The molecule has 1 heterocycles. The van der Waals surface area contributed by atoms with Crippen LogP contribution in [0.2, 0.25) is 0 Å². The second kappa shape index (κ2) is 8.48. The number of hydrogen-bond donors (Lipinski definition) is 1. The minimum atomic E-state index is -0.532. The number of anilines is 1. The van der Waals surface area contributed by atoms with Gasteiger partial charge in [-0.25, -0.2) is 9.79 Å². The van der Waals surface area contributed by atoms with Gasteiger partial charge in [-0.05, 0) is 50.6 Å². The largest absolute Gasteiger partial charge is 0.444 e. The lowest BCUT2D eigenvalue weighted by Gasteiger charge is -2.20. The van der Waals surface area contributed by atoms with Gasteiger partial charge in [0, 0.05) is 6.54 Å². The van der Waals surface area contributed by atoms with Crippen LogP contribution in [0.3, 0.4) is 0 Å². The number of carbonyl (C=O) groups is 2. The van der Waals surface area contributed by atoms with Crippen molar-refractivity contribution in [1.29, 1.82) is 0 Å². The molecular formula is C21H23N3O3S. The summed E-state index contributed by atoms with van der Waals surface area (Å²) in [5, 5.41) is 3.39. The standard InChI is InChI=1S/C21H23N3O3S/c1-21(2,3)27-20(26)22-13-15-9-11-17(12-10-15)24-18(25)14-28-19(24)23-16-7-5-4-6-8-16/h4-12H,13-14H2,1-3H3,(H,22,26). The summed E-state index contributed by atoms with van der Waals surface area (Å²) in [5.41, 5.74) is 1.94. The monoisotopic (exact) mass is 397 g/mol. The highest BCUT2D eigenvalue weighted by Gasteiger charge is 2.29. The van der Waals surface area contributed by atoms with Crippen molar-refractivity contribution in [2.45, 2.75) is 32.9 Å². The molecule has 2 amide bonds. The van der Waals surface area contributed by atoms with E-state index >= 15 is 0 Å². The highest BCUT2D eigenvalue weighted by Crippen LogP contribution is 2.29. The minimum Gasteiger partial charge on any atom is -0.444 e. The van der Waals surface area contributed by atoms with Crippen molar-refractivity contribution in [3.8, 4) is 0 Å². The van der Waals surface area contributed by atoms with Gasteiger partial charge in [0.2, 0.25) is 5.91 Å². The molecule has 2 aromatic carbocycles. The fourth-order valence-electron chi connectivity index (χ4n) is 2.56. The van der Waals surface area contributed by atoms with Gasteiger partial charge in [-0.15, -0.1) is 0 Å². The number of alkyl carbamates (subject to hydrolysis) is 1. The third-order valence-electron chi connectivity index (χ3n) is 3.78. The molecule has 0 spiro atoms. The first kappa shape index (κ1) is 19.9. The van der Waals surface area contributed by atoms with E-state index in [0.29, 0.717) is 17.5 Å². The molecule has 0 aromatic heterocycles. The number of amidine groups is 1. The van der Waals surface area contributed by atoms with E-state index < -0.39 is 11.7 Å². The normalized spacial score (nSPS) is 15.8. The Kier molecular flexibility index (Phi) is 6.04. The topological polar surface area (TPSA) is 71.0 Å². The number of nitrogens with zero attached hydrogens (tertiary/aromatic N) is 2. The maximum Gasteiger partial charge on any atom is 0.407 e. The molecule has 28 heavy (non-hydrogen) atoms. The van der Waals surface area contributed by atoms with Gasteiger partial charge in [0.25, 0.3) is 0 Å². The lowest BCUT2D eigenvalue weighted by molar-refractivity contribution is -0.115. The van der Waals surface area contributed by atoms with Crippen LogP contribution >= 0.6 is 11.8 Å². The van der Waals surface area contributed by atoms with Crippen LogP contribution in [0, 0.1) is 0 Å². The van der Waals surface area contributed by atoms with Crippen molar-refractivity contribution in [3.63, 3.8) is 0 Å². The summed E-state index contributed by atoms with van der Waals surface area (Å²) in [7, 11) is 0. The molecule has 0 unspecified atom stereocenters. The number of aliphatic imine (C=N–C) groups is 1. The Balaban J connectivity index is 1.69. The number of para-hydroxylation sites is 1. The van der Waals surface area contributed by atoms with E-state index in [1.54, 1.807) is 4.90 Å². The summed E-state index contributed by atoms with van der Waals surface area (Å²) in [6.45, 7) is 5.81. The Morgan fingerprint density at radius 1 is 1.14 bits per heavy atom. The summed E-state index contributed by atoms with van der Waals surface area (Å²) < 4.78 is 5.23. The maximum atomic E-state index is 12.4. The molecule has 0 aliphatic carbocycles. The molecule has 0 atom stereocenters. The van der Waals surface area contributed by atoms with Gasteiger partial charge < -0.3 is 10.1 Å². The van der Waals surface area contributed by atoms with Gasteiger partial charge in [0.05, 0.1) is 17.1 Å². The molecule has 2 aromatic rings. The zero-order chi connectivity index (χ0) is 20.1. The zero-order valence-electron chi connectivity index (χ0n) is 16.1. The van der Waals surface area contributed by atoms with Gasteiger partial charge in [-0.1, -0.05) is 42.1 Å². The zero-order valence-corrected chi connectivity index (χ0v) is 17.0. The first-order valence-electron chi connectivity index (χ1n) is 8.97. The number of hydrogen-bond acceptors (Lipinski definition) is 5. The van der Waals surface area contributed by atoms with Crippen LogP contribution in [0.5, 0.6) is 0 Å². The van der Waals surface area contributed by atoms with E-state index in [0.717, 1.165) is 16.9 Å². The smallest absolute Gasteiger partial charge is 0.407 e. The molecular weight excluding hydrogens is 374 g/mol. The predicted molar refractivity (Wildman–Crippen MR) is 113 cm³/mol. The quantitative estimate of drug-likeness (QED) is 0.826. The van der Waals surface area contributed by atoms with Crippen LogP contribution in [0.4, 0.5) is 16.2 Å². The minimum absolute atomic E-state index is 0.000638. The average molecular weight is 398 g/mol. The number of thioether (sulfide) groups is 1. The van der Waals surface area contributed by atoms with Crippen LogP contribution in [0.15, 0.2) is 59.6 Å². The van der Waals surface area contributed by atoms with Crippen LogP contribution in [-0.4, -0.2) is 28.5 Å². The maximum absolute atomic E-state index is 12.4. The van der Waals surface area contributed by atoms with E-state index in [9.17, 15) is 9.59 Å². The highest BCUT2D eigenvalue weighted by atomic mass is 32.2. The van der Waals surface area contributed by atoms with Gasteiger partial charge >= 0.3 is 6.09 Å². The van der Waals surface area contributed by atoms with Crippen molar-refractivity contribution in [2.24, 2.45) is 4.99 Å². The van der Waals surface area contributed by atoms with Gasteiger partial charge in [-0.3, -0.25) is 9.69 Å². The second-order valence-electron chi connectivity index (χ2n) is 7.27. The molecule has 146 valence electrons. The summed E-state index contributed by atoms with van der Waals surface area (Å²) in [4.78, 5) is 30.3. The van der Waals surface area contributed by atoms with E-state index in [4.69, 9.17) is 4.74 Å². The number of nitrogens with one attached hydrogen (secondary N) is 1. The number of rotatable bonds is 4. The predicted octanol–water partition coefficient (Wildman–Crippen LogP) is 4.48. The van der Waals surface area contributed by atoms with E-state index in [2.05, 4.69) is 10.3 Å². The Bertz CT molecular complexity index is 874. The summed E-state index contributed by atoms with van der Waals surface area (Å²) in [6.07, 6.45) is -0.458. The van der Waals surface area contributed by atoms with E-state index in [1.165, 1.54) is 11.8 Å². The molecule has 1 N–H and O–H groups in total. The van der Waals surface area contributed by atoms with Gasteiger partial charge in [-0.2, -0.15) is 0 Å². The molecule has 0 radical (unpaired) electrons. The highest BCUT2D eigenvalue weighted by molar-refractivity contribution is 8.15. The molecule has 1 fully saturated rings. The Morgan fingerprint density at radius 2 is 1.82 bits per heavy atom. The Hall–Kier alpha value is -2.80.